The molecular formula is C8H8BrF3N2O2S. The fourth-order valence-electron chi connectivity index (χ4n) is 1.03. The van der Waals surface area contributed by atoms with Crippen LogP contribution in [0.5, 0.6) is 0 Å². The van der Waals surface area contributed by atoms with Crippen LogP contribution in [0.1, 0.15) is 0 Å². The molecule has 0 saturated carbocycles. The summed E-state index contributed by atoms with van der Waals surface area (Å²) in [6.45, 7) is -1.09. The lowest BCUT2D eigenvalue weighted by Gasteiger charge is -2.09. The predicted molar refractivity (Wildman–Crippen MR) is 59.7 cm³/mol. The zero-order valence-corrected chi connectivity index (χ0v) is 10.7. The Kier molecular flexibility index (Phi) is 4.39. The minimum absolute atomic E-state index is 0.00398. The van der Waals surface area contributed by atoms with E-state index in [0.29, 0.717) is 0 Å². The van der Waals surface area contributed by atoms with Crippen molar-refractivity contribution in [1.29, 1.82) is 0 Å². The van der Waals surface area contributed by atoms with Gasteiger partial charge in [-0.15, -0.1) is 0 Å². The molecule has 0 radical (unpaired) electrons. The first-order valence-electron chi connectivity index (χ1n) is 4.26. The van der Waals surface area contributed by atoms with Crippen molar-refractivity contribution < 1.29 is 21.6 Å². The molecule has 0 bridgehead atoms. The van der Waals surface area contributed by atoms with Crippen LogP contribution in [0.15, 0.2) is 21.5 Å². The Morgan fingerprint density at radius 2 is 2.00 bits per heavy atom. The monoisotopic (exact) mass is 332 g/mol. The molecule has 0 atom stereocenters. The summed E-state index contributed by atoms with van der Waals surface area (Å²) in [6, 6.07) is 2.02. The van der Waals surface area contributed by atoms with Gasteiger partial charge in [-0.1, -0.05) is 0 Å². The third kappa shape index (κ3) is 3.58. The lowest BCUT2D eigenvalue weighted by atomic mass is 10.3. The SMILES string of the molecule is Nc1cc(Br)c(F)c(S(=O)(=O)NCC(F)F)c1. The van der Waals surface area contributed by atoms with Crippen molar-refractivity contribution in [3.8, 4) is 0 Å². The molecule has 1 aromatic rings. The van der Waals surface area contributed by atoms with Crippen LogP contribution in [0.3, 0.4) is 0 Å². The van der Waals surface area contributed by atoms with Crippen molar-refractivity contribution >= 4 is 31.6 Å². The van der Waals surface area contributed by atoms with Crippen molar-refractivity contribution in [3.63, 3.8) is 0 Å². The van der Waals surface area contributed by atoms with Gasteiger partial charge in [-0.05, 0) is 28.1 Å². The minimum Gasteiger partial charge on any atom is -0.399 e. The van der Waals surface area contributed by atoms with E-state index in [2.05, 4.69) is 15.9 Å². The maximum Gasteiger partial charge on any atom is 0.251 e. The van der Waals surface area contributed by atoms with Gasteiger partial charge >= 0.3 is 0 Å². The number of alkyl halides is 2. The number of benzene rings is 1. The molecule has 17 heavy (non-hydrogen) atoms. The highest BCUT2D eigenvalue weighted by atomic mass is 79.9. The van der Waals surface area contributed by atoms with Crippen LogP contribution in [-0.4, -0.2) is 21.4 Å². The van der Waals surface area contributed by atoms with Gasteiger partial charge in [0, 0.05) is 5.69 Å². The topological polar surface area (TPSA) is 72.2 Å². The summed E-state index contributed by atoms with van der Waals surface area (Å²) in [5.41, 5.74) is 5.34. The zero-order valence-electron chi connectivity index (χ0n) is 8.25. The van der Waals surface area contributed by atoms with E-state index in [1.165, 1.54) is 6.07 Å². The van der Waals surface area contributed by atoms with Gasteiger partial charge in [0.15, 0.2) is 5.82 Å². The number of hydrogen-bond donors (Lipinski definition) is 2. The molecular weight excluding hydrogens is 325 g/mol. The van der Waals surface area contributed by atoms with Gasteiger partial charge in [0.05, 0.1) is 11.0 Å². The van der Waals surface area contributed by atoms with Crippen molar-refractivity contribution in [2.45, 2.75) is 11.3 Å². The summed E-state index contributed by atoms with van der Waals surface area (Å²) in [5, 5.41) is 0. The van der Waals surface area contributed by atoms with Gasteiger partial charge in [0.2, 0.25) is 10.0 Å². The maximum absolute atomic E-state index is 13.5. The highest BCUT2D eigenvalue weighted by Gasteiger charge is 2.22. The number of halogens is 4. The first-order chi connectivity index (χ1) is 7.74. The van der Waals surface area contributed by atoms with Crippen LogP contribution in [-0.2, 0) is 10.0 Å². The second-order valence-corrected chi connectivity index (χ2v) is 5.65. The quantitative estimate of drug-likeness (QED) is 0.824. The summed E-state index contributed by atoms with van der Waals surface area (Å²) in [5.74, 6) is -1.08. The Balaban J connectivity index is 3.15. The lowest BCUT2D eigenvalue weighted by molar-refractivity contribution is 0.153. The van der Waals surface area contributed by atoms with Gasteiger partial charge < -0.3 is 5.73 Å². The summed E-state index contributed by atoms with van der Waals surface area (Å²) in [7, 11) is -4.35. The number of sulfonamides is 1. The van der Waals surface area contributed by atoms with Crippen molar-refractivity contribution in [1.82, 2.24) is 4.72 Å². The van der Waals surface area contributed by atoms with E-state index >= 15 is 0 Å². The molecule has 0 heterocycles. The standard InChI is InChI=1S/C8H8BrF3N2O2S/c9-5-1-4(13)2-6(8(5)12)17(15,16)14-3-7(10)11/h1-2,7,14H,3,13H2. The molecule has 9 heteroatoms. The molecule has 0 saturated heterocycles. The van der Waals surface area contributed by atoms with Crippen LogP contribution >= 0.6 is 15.9 Å². The minimum atomic E-state index is -4.35. The van der Waals surface area contributed by atoms with Gasteiger partial charge in [-0.25, -0.2) is 26.3 Å². The van der Waals surface area contributed by atoms with Crippen molar-refractivity contribution in [3.05, 3.63) is 22.4 Å². The van der Waals surface area contributed by atoms with E-state index in [4.69, 9.17) is 5.73 Å². The van der Waals surface area contributed by atoms with Gasteiger partial charge in [-0.3, -0.25) is 0 Å². The van der Waals surface area contributed by atoms with E-state index in [1.807, 2.05) is 0 Å². The van der Waals surface area contributed by atoms with Gasteiger partial charge in [0.25, 0.3) is 6.43 Å². The summed E-state index contributed by atoms with van der Waals surface area (Å²) in [4.78, 5) is -0.773. The second-order valence-electron chi connectivity index (χ2n) is 3.06. The molecule has 0 aliphatic rings. The lowest BCUT2D eigenvalue weighted by Crippen LogP contribution is -2.29. The molecule has 4 nitrogen and oxygen atoms in total. The molecule has 0 aliphatic carbocycles. The second kappa shape index (κ2) is 5.23. The summed E-state index contributed by atoms with van der Waals surface area (Å²) < 4.78 is 61.7. The molecule has 1 aromatic carbocycles. The van der Waals surface area contributed by atoms with Crippen LogP contribution in [0.4, 0.5) is 18.9 Å². The van der Waals surface area contributed by atoms with Crippen LogP contribution < -0.4 is 10.5 Å². The summed E-state index contributed by atoms with van der Waals surface area (Å²) >= 11 is 2.77. The van der Waals surface area contributed by atoms with E-state index in [-0.39, 0.29) is 10.2 Å². The van der Waals surface area contributed by atoms with E-state index in [9.17, 15) is 21.6 Å². The number of anilines is 1. The Labute approximate surface area is 104 Å². The Hall–Kier alpha value is -0.800. The molecule has 1 rings (SSSR count). The number of nitrogen functional groups attached to an aromatic ring is 1. The Morgan fingerprint density at radius 1 is 1.41 bits per heavy atom. The number of nitrogens with two attached hydrogens (primary N) is 1. The fourth-order valence-corrected chi connectivity index (χ4v) is 2.78. The van der Waals surface area contributed by atoms with Crippen molar-refractivity contribution in [2.75, 3.05) is 12.3 Å². The number of nitrogens with one attached hydrogen (secondary N) is 1. The zero-order chi connectivity index (χ0) is 13.2. The van der Waals surface area contributed by atoms with Crippen molar-refractivity contribution in [2.24, 2.45) is 0 Å². The average Bonchev–Trinajstić information content (AvgIpc) is 2.20. The largest absolute Gasteiger partial charge is 0.399 e. The third-order valence-electron chi connectivity index (χ3n) is 1.73. The molecule has 96 valence electrons. The van der Waals surface area contributed by atoms with E-state index < -0.39 is 33.7 Å². The smallest absolute Gasteiger partial charge is 0.251 e. The molecule has 0 fully saturated rings. The van der Waals surface area contributed by atoms with Gasteiger partial charge in [0.1, 0.15) is 4.90 Å². The molecule has 3 N–H and O–H groups in total. The number of rotatable bonds is 4. The van der Waals surface area contributed by atoms with Crippen LogP contribution in [0, 0.1) is 5.82 Å². The average molecular weight is 333 g/mol. The molecule has 0 aliphatic heterocycles. The number of hydrogen-bond acceptors (Lipinski definition) is 3. The van der Waals surface area contributed by atoms with Crippen LogP contribution in [0.25, 0.3) is 0 Å². The molecule has 0 aromatic heterocycles. The highest BCUT2D eigenvalue weighted by Crippen LogP contribution is 2.25. The molecule has 0 amide bonds. The Bertz CT molecular complexity index is 522. The van der Waals surface area contributed by atoms with Gasteiger partial charge in [-0.2, -0.15) is 0 Å². The van der Waals surface area contributed by atoms with E-state index in [1.54, 1.807) is 4.72 Å². The Morgan fingerprint density at radius 3 is 2.53 bits per heavy atom. The maximum atomic E-state index is 13.5. The highest BCUT2D eigenvalue weighted by molar-refractivity contribution is 9.10. The normalized spacial score (nSPS) is 12.1. The predicted octanol–water partition coefficient (Wildman–Crippen LogP) is 1.71. The summed E-state index contributed by atoms with van der Waals surface area (Å²) in [6.07, 6.45) is -2.86. The third-order valence-corrected chi connectivity index (χ3v) is 3.73. The first kappa shape index (κ1) is 14.3. The first-order valence-corrected chi connectivity index (χ1v) is 6.54. The van der Waals surface area contributed by atoms with Crippen LogP contribution in [0.2, 0.25) is 0 Å². The molecule has 0 spiro atoms. The van der Waals surface area contributed by atoms with E-state index in [0.717, 1.165) is 6.07 Å². The fraction of sp³-hybridized carbons (Fsp3) is 0.250. The molecule has 0 unspecified atom stereocenters.